The summed E-state index contributed by atoms with van der Waals surface area (Å²) in [6.07, 6.45) is 0. The summed E-state index contributed by atoms with van der Waals surface area (Å²) in [4.78, 5) is 0. The Hall–Kier alpha value is -4.94. The summed E-state index contributed by atoms with van der Waals surface area (Å²) in [5, 5.41) is 21.6. The highest BCUT2D eigenvalue weighted by atomic mass is 19.1. The molecule has 0 saturated heterocycles. The fourth-order valence-corrected chi connectivity index (χ4v) is 4.37. The van der Waals surface area contributed by atoms with E-state index in [1.54, 1.807) is 13.2 Å². The first-order chi connectivity index (χ1) is 17.0. The van der Waals surface area contributed by atoms with Gasteiger partial charge in [0.25, 0.3) is 0 Å². The van der Waals surface area contributed by atoms with Crippen molar-refractivity contribution in [2.75, 3.05) is 7.11 Å². The molecule has 35 heavy (non-hydrogen) atoms. The van der Waals surface area contributed by atoms with Crippen molar-refractivity contribution in [2.24, 2.45) is 0 Å². The molecule has 0 radical (unpaired) electrons. The van der Waals surface area contributed by atoms with Crippen LogP contribution in [0.3, 0.4) is 0 Å². The molecule has 5 aromatic rings. The van der Waals surface area contributed by atoms with Crippen LogP contribution in [0.25, 0.3) is 38.6 Å². The lowest BCUT2D eigenvalue weighted by Crippen LogP contribution is -1.95. The lowest BCUT2D eigenvalue weighted by Gasteiger charge is -2.09. The van der Waals surface area contributed by atoms with E-state index < -0.39 is 11.6 Å². The molecular formula is C29H17F2N3O. The zero-order valence-corrected chi connectivity index (χ0v) is 18.6. The normalized spacial score (nSPS) is 11.7. The van der Waals surface area contributed by atoms with Gasteiger partial charge in [0.15, 0.2) is 0 Å². The predicted octanol–water partition coefficient (Wildman–Crippen LogP) is 7.03. The van der Waals surface area contributed by atoms with Crippen LogP contribution in [0.4, 0.5) is 8.78 Å². The van der Waals surface area contributed by atoms with Crippen molar-refractivity contribution in [1.82, 2.24) is 4.57 Å². The molecule has 0 saturated carbocycles. The minimum Gasteiger partial charge on any atom is -0.497 e. The summed E-state index contributed by atoms with van der Waals surface area (Å²) >= 11 is 0. The monoisotopic (exact) mass is 461 g/mol. The first-order valence-electron chi connectivity index (χ1n) is 10.7. The maximum absolute atomic E-state index is 13.8. The summed E-state index contributed by atoms with van der Waals surface area (Å²) < 4.78 is 35.0. The Morgan fingerprint density at radius 3 is 2.00 bits per heavy atom. The molecule has 1 heterocycles. The number of benzene rings is 4. The third kappa shape index (κ3) is 3.78. The molecule has 168 valence electrons. The van der Waals surface area contributed by atoms with Crippen LogP contribution in [-0.2, 0) is 0 Å². The van der Waals surface area contributed by atoms with Crippen LogP contribution in [0.2, 0.25) is 0 Å². The quantitative estimate of drug-likeness (QED) is 0.213. The molecule has 4 nitrogen and oxygen atoms in total. The third-order valence-electron chi connectivity index (χ3n) is 5.92. The van der Waals surface area contributed by atoms with Gasteiger partial charge in [-0.05, 0) is 65.7 Å². The highest BCUT2D eigenvalue weighted by Gasteiger charge is 2.17. The van der Waals surface area contributed by atoms with Crippen LogP contribution in [0.1, 0.15) is 11.1 Å². The van der Waals surface area contributed by atoms with E-state index in [9.17, 15) is 19.3 Å². The maximum atomic E-state index is 13.8. The van der Waals surface area contributed by atoms with Crippen LogP contribution >= 0.6 is 0 Å². The summed E-state index contributed by atoms with van der Waals surface area (Å²) in [7, 11) is 1.62. The number of allylic oxidation sites excluding steroid dienone is 2. The zero-order valence-electron chi connectivity index (χ0n) is 18.6. The molecular weight excluding hydrogens is 444 g/mol. The molecule has 0 amide bonds. The zero-order chi connectivity index (χ0) is 24.5. The summed E-state index contributed by atoms with van der Waals surface area (Å²) in [6, 6.07) is 27.9. The van der Waals surface area contributed by atoms with E-state index in [4.69, 9.17) is 4.74 Å². The molecule has 0 spiro atoms. The molecule has 0 aliphatic rings. The van der Waals surface area contributed by atoms with Gasteiger partial charge in [-0.15, -0.1) is 0 Å². The molecule has 0 aliphatic carbocycles. The van der Waals surface area contributed by atoms with E-state index in [2.05, 4.69) is 10.6 Å². The Labute approximate surface area is 200 Å². The number of para-hydroxylation sites is 1. The summed E-state index contributed by atoms with van der Waals surface area (Å²) in [5.41, 5.74) is 3.27. The van der Waals surface area contributed by atoms with Gasteiger partial charge in [0.05, 0.1) is 29.3 Å². The molecule has 0 N–H and O–H groups in total. The standard InChI is InChI=1S/C29H17F2N3O/c1-35-23-9-7-22(8-10-23)34-28-5-3-2-4-24(28)25-14-18(6-11-29(25)34)26(16-32)27(17-33)19-12-20(30)15-21(31)13-19/h2-15H,1H3. The van der Waals surface area contributed by atoms with Crippen LogP contribution in [-0.4, -0.2) is 11.7 Å². The fraction of sp³-hybridized carbons (Fsp3) is 0.0345. The Balaban J connectivity index is 1.76. The molecule has 0 atom stereocenters. The number of hydrogen-bond donors (Lipinski definition) is 0. The Morgan fingerprint density at radius 1 is 0.714 bits per heavy atom. The number of nitriles is 2. The van der Waals surface area contributed by atoms with Crippen LogP contribution in [0.5, 0.6) is 5.75 Å². The van der Waals surface area contributed by atoms with E-state index in [1.807, 2.05) is 66.7 Å². The van der Waals surface area contributed by atoms with Crippen molar-refractivity contribution in [3.63, 3.8) is 0 Å². The van der Waals surface area contributed by atoms with Crippen molar-refractivity contribution in [2.45, 2.75) is 0 Å². The SMILES string of the molecule is COc1ccc(-n2c3ccccc3c3cc(C(C#N)=C(C#N)c4cc(F)cc(F)c4)ccc32)cc1. The molecule has 0 fully saturated rings. The number of rotatable bonds is 4. The molecule has 6 heteroatoms. The van der Waals surface area contributed by atoms with Gasteiger partial charge in [-0.2, -0.15) is 10.5 Å². The second-order valence-corrected chi connectivity index (χ2v) is 7.91. The number of fused-ring (bicyclic) bond motifs is 3. The predicted molar refractivity (Wildman–Crippen MR) is 132 cm³/mol. The highest BCUT2D eigenvalue weighted by Crippen LogP contribution is 2.35. The van der Waals surface area contributed by atoms with Crippen LogP contribution in [0.15, 0.2) is 84.9 Å². The average Bonchev–Trinajstić information content (AvgIpc) is 3.20. The number of ether oxygens (including phenoxy) is 1. The molecule has 0 bridgehead atoms. The first-order valence-corrected chi connectivity index (χ1v) is 10.7. The van der Waals surface area contributed by atoms with E-state index >= 15 is 0 Å². The molecule has 1 aromatic heterocycles. The topological polar surface area (TPSA) is 61.7 Å². The van der Waals surface area contributed by atoms with E-state index in [0.717, 1.165) is 51.4 Å². The van der Waals surface area contributed by atoms with Gasteiger partial charge in [-0.25, -0.2) is 8.78 Å². The van der Waals surface area contributed by atoms with Gasteiger partial charge in [-0.3, -0.25) is 0 Å². The summed E-state index contributed by atoms with van der Waals surface area (Å²) in [6.45, 7) is 0. The lowest BCUT2D eigenvalue weighted by molar-refractivity contribution is 0.415. The smallest absolute Gasteiger partial charge is 0.126 e. The number of methoxy groups -OCH3 is 1. The van der Waals surface area contributed by atoms with Crippen molar-refractivity contribution >= 4 is 33.0 Å². The molecule has 0 aliphatic heterocycles. The van der Waals surface area contributed by atoms with Gasteiger partial charge >= 0.3 is 0 Å². The Kier molecular flexibility index (Phi) is 5.49. The van der Waals surface area contributed by atoms with Gasteiger partial charge < -0.3 is 9.30 Å². The second kappa shape index (κ2) is 8.78. The largest absolute Gasteiger partial charge is 0.497 e. The van der Waals surface area contributed by atoms with Crippen LogP contribution < -0.4 is 4.74 Å². The van der Waals surface area contributed by atoms with Gasteiger partial charge in [0.1, 0.15) is 29.5 Å². The Bertz CT molecular complexity index is 1700. The first kappa shape index (κ1) is 21.9. The van der Waals surface area contributed by atoms with E-state index in [1.165, 1.54) is 0 Å². The van der Waals surface area contributed by atoms with E-state index in [-0.39, 0.29) is 16.7 Å². The summed E-state index contributed by atoms with van der Waals surface area (Å²) in [5.74, 6) is -0.885. The average molecular weight is 461 g/mol. The third-order valence-corrected chi connectivity index (χ3v) is 5.92. The van der Waals surface area contributed by atoms with Gasteiger partial charge in [0, 0.05) is 22.5 Å². The molecule has 4 aromatic carbocycles. The van der Waals surface area contributed by atoms with Gasteiger partial charge in [-0.1, -0.05) is 24.3 Å². The number of aromatic nitrogens is 1. The van der Waals surface area contributed by atoms with Crippen molar-refractivity contribution in [3.05, 3.63) is 108 Å². The lowest BCUT2D eigenvalue weighted by atomic mass is 9.95. The minimum absolute atomic E-state index is 0.0160. The van der Waals surface area contributed by atoms with Crippen LogP contribution in [0, 0.1) is 34.3 Å². The molecule has 0 unspecified atom stereocenters. The van der Waals surface area contributed by atoms with E-state index in [0.29, 0.717) is 5.56 Å². The Morgan fingerprint density at radius 2 is 1.34 bits per heavy atom. The number of halogens is 2. The van der Waals surface area contributed by atoms with Gasteiger partial charge in [0.2, 0.25) is 0 Å². The minimum atomic E-state index is -0.817. The maximum Gasteiger partial charge on any atom is 0.126 e. The van der Waals surface area contributed by atoms with Crippen molar-refractivity contribution in [3.8, 4) is 23.6 Å². The number of nitrogens with zero attached hydrogens (tertiary/aromatic N) is 3. The highest BCUT2D eigenvalue weighted by molar-refractivity contribution is 6.12. The van der Waals surface area contributed by atoms with Crippen molar-refractivity contribution in [1.29, 1.82) is 10.5 Å². The van der Waals surface area contributed by atoms with Crippen molar-refractivity contribution < 1.29 is 13.5 Å². The second-order valence-electron chi connectivity index (χ2n) is 7.91. The number of hydrogen-bond acceptors (Lipinski definition) is 3. The fourth-order valence-electron chi connectivity index (χ4n) is 4.37. The molecule has 5 rings (SSSR count).